The molecule has 0 fully saturated rings. The first-order chi connectivity index (χ1) is 8.73. The van der Waals surface area contributed by atoms with Crippen molar-refractivity contribution in [1.29, 1.82) is 0 Å². The van der Waals surface area contributed by atoms with Crippen LogP contribution in [-0.2, 0) is 6.42 Å². The highest BCUT2D eigenvalue weighted by Gasteiger charge is 2.15. The Morgan fingerprint density at radius 2 is 1.89 bits per heavy atom. The van der Waals surface area contributed by atoms with Gasteiger partial charge in [-0.1, -0.05) is 6.07 Å². The molecule has 0 aliphatic heterocycles. The minimum atomic E-state index is -0.152. The molecule has 0 aliphatic carbocycles. The van der Waals surface area contributed by atoms with Crippen molar-refractivity contribution in [2.75, 3.05) is 27.2 Å². The largest absolute Gasteiger partial charge is 0.496 e. The number of ether oxygens (including phenoxy) is 1. The van der Waals surface area contributed by atoms with Gasteiger partial charge in [0, 0.05) is 18.6 Å². The van der Waals surface area contributed by atoms with E-state index in [0.29, 0.717) is 0 Å². The fourth-order valence-electron chi connectivity index (χ4n) is 2.54. The molecule has 0 atom stereocenters. The lowest BCUT2D eigenvalue weighted by Crippen LogP contribution is -2.44. The van der Waals surface area contributed by atoms with Crippen LogP contribution in [0.2, 0.25) is 0 Å². The van der Waals surface area contributed by atoms with Gasteiger partial charge in [0.05, 0.1) is 7.11 Å². The summed E-state index contributed by atoms with van der Waals surface area (Å²) in [4.78, 5) is 2.28. The maximum atomic E-state index is 6.04. The van der Waals surface area contributed by atoms with Crippen LogP contribution >= 0.6 is 0 Å². The molecule has 0 amide bonds. The molecule has 1 aromatic rings. The molecule has 3 heteroatoms. The highest BCUT2D eigenvalue weighted by Crippen LogP contribution is 2.24. The van der Waals surface area contributed by atoms with Gasteiger partial charge in [0.2, 0.25) is 0 Å². The Labute approximate surface area is 117 Å². The molecule has 19 heavy (non-hydrogen) atoms. The van der Waals surface area contributed by atoms with Crippen molar-refractivity contribution in [3.8, 4) is 5.75 Å². The van der Waals surface area contributed by atoms with E-state index in [-0.39, 0.29) is 5.54 Å². The number of rotatable bonds is 6. The summed E-state index contributed by atoms with van der Waals surface area (Å²) in [6.07, 6.45) is 0.988. The van der Waals surface area contributed by atoms with Gasteiger partial charge in [-0.3, -0.25) is 0 Å². The van der Waals surface area contributed by atoms with Crippen molar-refractivity contribution in [3.05, 3.63) is 28.8 Å². The van der Waals surface area contributed by atoms with Gasteiger partial charge in [-0.05, 0) is 63.9 Å². The smallest absolute Gasteiger partial charge is 0.122 e. The zero-order valence-corrected chi connectivity index (χ0v) is 13.2. The summed E-state index contributed by atoms with van der Waals surface area (Å²) in [5.74, 6) is 0.998. The second-order valence-corrected chi connectivity index (χ2v) is 6.24. The van der Waals surface area contributed by atoms with Gasteiger partial charge >= 0.3 is 0 Å². The zero-order valence-electron chi connectivity index (χ0n) is 13.2. The Kier molecular flexibility index (Phi) is 5.39. The van der Waals surface area contributed by atoms with E-state index >= 15 is 0 Å². The molecule has 0 aliphatic rings. The maximum absolute atomic E-state index is 6.04. The Morgan fingerprint density at radius 3 is 2.42 bits per heavy atom. The SMILES string of the molecule is COc1cc(C)cc(C)c1CCN(C)CC(C)(C)N. The fourth-order valence-corrected chi connectivity index (χ4v) is 2.54. The van der Waals surface area contributed by atoms with Gasteiger partial charge in [-0.15, -0.1) is 0 Å². The molecule has 0 saturated heterocycles. The first-order valence-electron chi connectivity index (χ1n) is 6.84. The van der Waals surface area contributed by atoms with Gasteiger partial charge < -0.3 is 15.4 Å². The normalized spacial score (nSPS) is 12.0. The average Bonchev–Trinajstić information content (AvgIpc) is 2.24. The maximum Gasteiger partial charge on any atom is 0.122 e. The van der Waals surface area contributed by atoms with Gasteiger partial charge in [0.25, 0.3) is 0 Å². The van der Waals surface area contributed by atoms with E-state index in [4.69, 9.17) is 10.5 Å². The molecular weight excluding hydrogens is 236 g/mol. The predicted molar refractivity (Wildman–Crippen MR) is 81.9 cm³/mol. The highest BCUT2D eigenvalue weighted by molar-refractivity contribution is 5.43. The summed E-state index contributed by atoms with van der Waals surface area (Å²) in [6, 6.07) is 4.32. The van der Waals surface area contributed by atoms with Crippen molar-refractivity contribution in [2.24, 2.45) is 5.73 Å². The molecular formula is C16H28N2O. The molecule has 2 N–H and O–H groups in total. The lowest BCUT2D eigenvalue weighted by molar-refractivity contribution is 0.271. The van der Waals surface area contributed by atoms with Crippen LogP contribution in [-0.4, -0.2) is 37.7 Å². The van der Waals surface area contributed by atoms with E-state index in [0.717, 1.165) is 25.3 Å². The van der Waals surface area contributed by atoms with E-state index in [9.17, 15) is 0 Å². The third kappa shape index (κ3) is 5.21. The molecule has 0 heterocycles. The van der Waals surface area contributed by atoms with Crippen LogP contribution in [0.25, 0.3) is 0 Å². The molecule has 1 aromatic carbocycles. The topological polar surface area (TPSA) is 38.5 Å². The Balaban J connectivity index is 2.72. The lowest BCUT2D eigenvalue weighted by Gasteiger charge is -2.26. The molecule has 0 unspecified atom stereocenters. The van der Waals surface area contributed by atoms with Crippen LogP contribution in [0.5, 0.6) is 5.75 Å². The quantitative estimate of drug-likeness (QED) is 0.858. The standard InChI is InChI=1S/C16H28N2O/c1-12-9-13(2)14(15(10-12)19-6)7-8-18(5)11-16(3,4)17/h9-10H,7-8,11,17H2,1-6H3. The molecule has 0 aromatic heterocycles. The van der Waals surface area contributed by atoms with Gasteiger partial charge in [-0.2, -0.15) is 0 Å². The van der Waals surface area contributed by atoms with E-state index in [1.54, 1.807) is 7.11 Å². The molecule has 3 nitrogen and oxygen atoms in total. The highest BCUT2D eigenvalue weighted by atomic mass is 16.5. The van der Waals surface area contributed by atoms with E-state index in [1.807, 2.05) is 0 Å². The number of methoxy groups -OCH3 is 1. The zero-order chi connectivity index (χ0) is 14.6. The third-order valence-corrected chi connectivity index (χ3v) is 3.22. The third-order valence-electron chi connectivity index (χ3n) is 3.22. The summed E-state index contributed by atoms with van der Waals surface area (Å²) in [7, 11) is 3.86. The molecule has 0 spiro atoms. The summed E-state index contributed by atoms with van der Waals surface area (Å²) in [5, 5.41) is 0. The average molecular weight is 264 g/mol. The predicted octanol–water partition coefficient (Wildman–Crippen LogP) is 2.52. The number of hydrogen-bond donors (Lipinski definition) is 1. The van der Waals surface area contributed by atoms with Crippen molar-refractivity contribution < 1.29 is 4.74 Å². The van der Waals surface area contributed by atoms with Crippen LogP contribution in [0, 0.1) is 13.8 Å². The fraction of sp³-hybridized carbons (Fsp3) is 0.625. The van der Waals surface area contributed by atoms with E-state index < -0.39 is 0 Å². The number of benzene rings is 1. The van der Waals surface area contributed by atoms with Crippen LogP contribution < -0.4 is 10.5 Å². The molecule has 1 rings (SSSR count). The Hall–Kier alpha value is -1.06. The monoisotopic (exact) mass is 264 g/mol. The van der Waals surface area contributed by atoms with Crippen LogP contribution in [0.1, 0.15) is 30.5 Å². The van der Waals surface area contributed by atoms with Crippen LogP contribution in [0.3, 0.4) is 0 Å². The number of nitrogens with zero attached hydrogens (tertiary/aromatic N) is 1. The minimum absolute atomic E-state index is 0.152. The summed E-state index contributed by atoms with van der Waals surface area (Å²) in [5.41, 5.74) is 9.74. The molecule has 0 saturated carbocycles. The van der Waals surface area contributed by atoms with Gasteiger partial charge in [-0.25, -0.2) is 0 Å². The molecule has 0 radical (unpaired) electrons. The Morgan fingerprint density at radius 1 is 1.26 bits per heavy atom. The summed E-state index contributed by atoms with van der Waals surface area (Å²) in [6.45, 7) is 10.2. The second kappa shape index (κ2) is 6.40. The first kappa shape index (κ1) is 16.0. The van der Waals surface area contributed by atoms with E-state index in [2.05, 4.69) is 51.8 Å². The van der Waals surface area contributed by atoms with Crippen molar-refractivity contribution in [3.63, 3.8) is 0 Å². The number of hydrogen-bond acceptors (Lipinski definition) is 3. The minimum Gasteiger partial charge on any atom is -0.496 e. The van der Waals surface area contributed by atoms with Crippen molar-refractivity contribution in [1.82, 2.24) is 4.90 Å². The molecule has 108 valence electrons. The van der Waals surface area contributed by atoms with Crippen molar-refractivity contribution in [2.45, 2.75) is 39.7 Å². The van der Waals surface area contributed by atoms with Crippen molar-refractivity contribution >= 4 is 0 Å². The lowest BCUT2D eigenvalue weighted by atomic mass is 10.0. The number of nitrogens with two attached hydrogens (primary N) is 1. The summed E-state index contributed by atoms with van der Waals surface area (Å²) < 4.78 is 5.50. The first-order valence-corrected chi connectivity index (χ1v) is 6.84. The molecule has 0 bridgehead atoms. The summed E-state index contributed by atoms with van der Waals surface area (Å²) >= 11 is 0. The van der Waals surface area contributed by atoms with Crippen LogP contribution in [0.4, 0.5) is 0 Å². The number of aryl methyl sites for hydroxylation is 2. The van der Waals surface area contributed by atoms with E-state index in [1.165, 1.54) is 16.7 Å². The second-order valence-electron chi connectivity index (χ2n) is 6.24. The number of likely N-dealkylation sites (N-methyl/N-ethyl adjacent to an activating group) is 1. The Bertz CT molecular complexity index is 421. The van der Waals surface area contributed by atoms with Gasteiger partial charge in [0.15, 0.2) is 0 Å². The van der Waals surface area contributed by atoms with Crippen LogP contribution in [0.15, 0.2) is 12.1 Å². The van der Waals surface area contributed by atoms with Gasteiger partial charge in [0.1, 0.15) is 5.75 Å².